The van der Waals surface area contributed by atoms with Crippen LogP contribution in [0, 0.1) is 0 Å². The smallest absolute Gasteiger partial charge is 0.429 e. The van der Waals surface area contributed by atoms with Gasteiger partial charge in [-0.15, -0.1) is 0 Å². The van der Waals surface area contributed by atoms with Crippen molar-refractivity contribution in [3.63, 3.8) is 0 Å². The molecule has 0 radical (unpaired) electrons. The summed E-state index contributed by atoms with van der Waals surface area (Å²) in [4.78, 5) is 12.5. The van der Waals surface area contributed by atoms with E-state index in [4.69, 9.17) is 4.74 Å². The minimum Gasteiger partial charge on any atom is -0.476 e. The fourth-order valence-electron chi connectivity index (χ4n) is 2.48. The molecule has 3 nitrogen and oxygen atoms in total. The van der Waals surface area contributed by atoms with Crippen LogP contribution in [-0.2, 0) is 0 Å². The number of nitrogens with zero attached hydrogens (tertiary/aromatic N) is 1. The molecule has 110 valence electrons. The molecule has 6 heteroatoms. The first kappa shape index (κ1) is 14.8. The highest BCUT2D eigenvalue weighted by molar-refractivity contribution is 5.79. The third-order valence-corrected chi connectivity index (χ3v) is 3.51. The van der Waals surface area contributed by atoms with E-state index >= 15 is 0 Å². The van der Waals surface area contributed by atoms with Crippen molar-refractivity contribution in [2.75, 3.05) is 20.1 Å². The van der Waals surface area contributed by atoms with E-state index in [1.54, 1.807) is 24.1 Å². The van der Waals surface area contributed by atoms with Gasteiger partial charge in [-0.2, -0.15) is 13.2 Å². The zero-order chi connectivity index (χ0) is 14.8. The average Bonchev–Trinajstić information content (AvgIpc) is 2.38. The number of hydrogen-bond donors (Lipinski definition) is 0. The fraction of sp³-hybridized carbons (Fsp3) is 0.500. The lowest BCUT2D eigenvalue weighted by molar-refractivity contribution is -0.261. The Bertz CT molecular complexity index is 490. The molecular formula is C14H16F3NO2. The summed E-state index contributed by atoms with van der Waals surface area (Å²) < 4.78 is 45.7. The van der Waals surface area contributed by atoms with E-state index in [0.29, 0.717) is 19.3 Å². The molecule has 1 aromatic carbocycles. The average molecular weight is 287 g/mol. The standard InChI is InChI=1S/C14H16F3NO2/c1-18-8-4-7-13(10-18,14(15,16)17)20-12-6-3-2-5-11(12)9-19/h2-3,5-6,9H,4,7-8,10H2,1H3. The second-order valence-electron chi connectivity index (χ2n) is 5.09. The van der Waals surface area contributed by atoms with Crippen molar-refractivity contribution < 1.29 is 22.7 Å². The number of hydrogen-bond acceptors (Lipinski definition) is 3. The molecule has 1 aromatic rings. The molecule has 2 rings (SSSR count). The number of likely N-dealkylation sites (tertiary alicyclic amines) is 1. The van der Waals surface area contributed by atoms with Crippen molar-refractivity contribution >= 4 is 6.29 Å². The van der Waals surface area contributed by atoms with E-state index in [0.717, 1.165) is 0 Å². The molecule has 1 aliphatic heterocycles. The zero-order valence-corrected chi connectivity index (χ0v) is 11.1. The summed E-state index contributed by atoms with van der Waals surface area (Å²) in [6, 6.07) is 5.98. The normalized spacial score (nSPS) is 24.4. The molecular weight excluding hydrogens is 271 g/mol. The highest BCUT2D eigenvalue weighted by Gasteiger charge is 2.58. The molecule has 0 amide bonds. The molecule has 1 atom stereocenters. The van der Waals surface area contributed by atoms with Crippen molar-refractivity contribution in [3.8, 4) is 5.75 Å². The third kappa shape index (κ3) is 2.80. The van der Waals surface area contributed by atoms with Crippen LogP contribution in [0.4, 0.5) is 13.2 Å². The number of halogens is 3. The minimum absolute atomic E-state index is 0.0184. The van der Waals surface area contributed by atoms with Crippen LogP contribution in [0.5, 0.6) is 5.75 Å². The molecule has 20 heavy (non-hydrogen) atoms. The van der Waals surface area contributed by atoms with Crippen molar-refractivity contribution in [1.82, 2.24) is 4.90 Å². The van der Waals surface area contributed by atoms with Crippen molar-refractivity contribution in [2.24, 2.45) is 0 Å². The van der Waals surface area contributed by atoms with Gasteiger partial charge in [0, 0.05) is 6.54 Å². The second kappa shape index (κ2) is 5.44. The highest BCUT2D eigenvalue weighted by atomic mass is 19.4. The molecule has 1 saturated heterocycles. The number of carbonyl (C=O) groups is 1. The van der Waals surface area contributed by atoms with Gasteiger partial charge in [-0.1, -0.05) is 12.1 Å². The summed E-state index contributed by atoms with van der Waals surface area (Å²) in [5.74, 6) is -0.0184. The molecule has 1 aliphatic rings. The Morgan fingerprint density at radius 1 is 1.35 bits per heavy atom. The van der Waals surface area contributed by atoms with Gasteiger partial charge in [0.1, 0.15) is 5.75 Å². The Labute approximate surface area is 115 Å². The third-order valence-electron chi connectivity index (χ3n) is 3.51. The fourth-order valence-corrected chi connectivity index (χ4v) is 2.48. The van der Waals surface area contributed by atoms with Crippen LogP contribution in [0.3, 0.4) is 0 Å². The SMILES string of the molecule is CN1CCCC(Oc2ccccc2C=O)(C(F)(F)F)C1. The van der Waals surface area contributed by atoms with E-state index in [9.17, 15) is 18.0 Å². The molecule has 0 spiro atoms. The number of carbonyl (C=O) groups excluding carboxylic acids is 1. The lowest BCUT2D eigenvalue weighted by atomic mass is 9.92. The summed E-state index contributed by atoms with van der Waals surface area (Å²) in [6.45, 7) is 0.375. The molecule has 1 fully saturated rings. The Balaban J connectivity index is 2.36. The minimum atomic E-state index is -4.49. The summed E-state index contributed by atoms with van der Waals surface area (Å²) in [5.41, 5.74) is -2.12. The van der Waals surface area contributed by atoms with Gasteiger partial charge in [0.05, 0.1) is 5.56 Å². The first-order valence-electron chi connectivity index (χ1n) is 6.36. The number of ether oxygens (including phenoxy) is 1. The molecule has 0 aromatic heterocycles. The van der Waals surface area contributed by atoms with Crippen LogP contribution >= 0.6 is 0 Å². The summed E-state index contributed by atoms with van der Waals surface area (Å²) >= 11 is 0. The molecule has 0 saturated carbocycles. The van der Waals surface area contributed by atoms with Gasteiger partial charge < -0.3 is 9.64 Å². The van der Waals surface area contributed by atoms with Crippen molar-refractivity contribution in [2.45, 2.75) is 24.6 Å². The largest absolute Gasteiger partial charge is 0.476 e. The first-order valence-corrected chi connectivity index (χ1v) is 6.36. The lowest BCUT2D eigenvalue weighted by Gasteiger charge is -2.42. The highest BCUT2D eigenvalue weighted by Crippen LogP contribution is 2.41. The maximum Gasteiger partial charge on any atom is 0.429 e. The number of para-hydroxylation sites is 1. The van der Waals surface area contributed by atoms with Crippen LogP contribution in [0.1, 0.15) is 23.2 Å². The van der Waals surface area contributed by atoms with E-state index in [1.807, 2.05) is 0 Å². The molecule has 1 unspecified atom stereocenters. The van der Waals surface area contributed by atoms with Crippen LogP contribution < -0.4 is 4.74 Å². The molecule has 0 aliphatic carbocycles. The number of rotatable bonds is 3. The summed E-state index contributed by atoms with van der Waals surface area (Å²) in [7, 11) is 1.63. The number of likely N-dealkylation sites (N-methyl/N-ethyl adjacent to an activating group) is 1. The van der Waals surface area contributed by atoms with Gasteiger partial charge in [-0.25, -0.2) is 0 Å². The van der Waals surface area contributed by atoms with Gasteiger partial charge >= 0.3 is 6.18 Å². The van der Waals surface area contributed by atoms with E-state index in [2.05, 4.69) is 0 Å². The lowest BCUT2D eigenvalue weighted by Crippen LogP contribution is -2.59. The number of benzene rings is 1. The van der Waals surface area contributed by atoms with E-state index in [-0.39, 0.29) is 24.3 Å². The predicted octanol–water partition coefficient (Wildman–Crippen LogP) is 2.90. The van der Waals surface area contributed by atoms with Gasteiger partial charge in [-0.3, -0.25) is 4.79 Å². The van der Waals surface area contributed by atoms with Crippen molar-refractivity contribution in [3.05, 3.63) is 29.8 Å². The monoisotopic (exact) mass is 287 g/mol. The Morgan fingerprint density at radius 2 is 2.05 bits per heavy atom. The maximum absolute atomic E-state index is 13.5. The number of alkyl halides is 3. The van der Waals surface area contributed by atoms with E-state index < -0.39 is 11.8 Å². The summed E-state index contributed by atoms with van der Waals surface area (Å²) in [5, 5.41) is 0. The van der Waals surface area contributed by atoms with Crippen LogP contribution in [0.25, 0.3) is 0 Å². The van der Waals surface area contributed by atoms with Crippen LogP contribution in [-0.4, -0.2) is 43.1 Å². The quantitative estimate of drug-likeness (QED) is 0.801. The Kier molecular flexibility index (Phi) is 4.04. The van der Waals surface area contributed by atoms with Gasteiger partial charge in [-0.05, 0) is 38.6 Å². The van der Waals surface area contributed by atoms with Crippen LogP contribution in [0.2, 0.25) is 0 Å². The molecule has 0 N–H and O–H groups in total. The topological polar surface area (TPSA) is 29.5 Å². The molecule has 1 heterocycles. The van der Waals surface area contributed by atoms with E-state index in [1.165, 1.54) is 12.1 Å². The number of piperidine rings is 1. The maximum atomic E-state index is 13.5. The predicted molar refractivity (Wildman–Crippen MR) is 68.0 cm³/mol. The second-order valence-corrected chi connectivity index (χ2v) is 5.09. The Hall–Kier alpha value is -1.56. The Morgan fingerprint density at radius 3 is 2.65 bits per heavy atom. The summed E-state index contributed by atoms with van der Waals surface area (Å²) in [6.07, 6.45) is -3.68. The van der Waals surface area contributed by atoms with Gasteiger partial charge in [0.2, 0.25) is 5.60 Å². The van der Waals surface area contributed by atoms with Crippen molar-refractivity contribution in [1.29, 1.82) is 0 Å². The van der Waals surface area contributed by atoms with Crippen LogP contribution in [0.15, 0.2) is 24.3 Å². The van der Waals surface area contributed by atoms with Gasteiger partial charge in [0.25, 0.3) is 0 Å². The van der Waals surface area contributed by atoms with Gasteiger partial charge in [0.15, 0.2) is 6.29 Å². The zero-order valence-electron chi connectivity index (χ0n) is 11.1. The first-order chi connectivity index (χ1) is 9.38. The molecule has 0 bridgehead atoms. The number of aldehydes is 1.